The molecule has 0 spiro atoms. The zero-order valence-corrected chi connectivity index (χ0v) is 13.6. The number of imide groups is 1. The van der Waals surface area contributed by atoms with E-state index in [-0.39, 0.29) is 24.1 Å². The highest BCUT2D eigenvalue weighted by atomic mass is 16.2. The Balaban J connectivity index is 1.56. The van der Waals surface area contributed by atoms with Gasteiger partial charge in [0, 0.05) is 37.3 Å². The maximum absolute atomic E-state index is 12.8. The Kier molecular flexibility index (Phi) is 3.75. The predicted molar refractivity (Wildman–Crippen MR) is 88.6 cm³/mol. The fraction of sp³-hybridized carbons (Fsp3) is 0.500. The highest BCUT2D eigenvalue weighted by molar-refractivity contribution is 6.05. The normalized spacial score (nSPS) is 24.2. The Hall–Kier alpha value is -2.37. The van der Waals surface area contributed by atoms with E-state index in [9.17, 15) is 14.4 Å². The van der Waals surface area contributed by atoms with E-state index in [0.717, 1.165) is 24.3 Å². The number of nitrogens with one attached hydrogen (secondary N) is 1. The van der Waals surface area contributed by atoms with Gasteiger partial charge in [-0.25, -0.2) is 0 Å². The number of carbonyl (C=O) groups excluding carboxylic acids is 3. The first-order valence-corrected chi connectivity index (χ1v) is 8.66. The van der Waals surface area contributed by atoms with Crippen molar-refractivity contribution in [2.24, 2.45) is 0 Å². The molecule has 3 amide bonds. The van der Waals surface area contributed by atoms with Gasteiger partial charge in [0.25, 0.3) is 5.91 Å². The molecule has 3 heterocycles. The van der Waals surface area contributed by atoms with Crippen molar-refractivity contribution in [1.82, 2.24) is 10.2 Å². The first-order chi connectivity index (χ1) is 11.6. The average molecular weight is 327 g/mol. The van der Waals surface area contributed by atoms with Crippen LogP contribution in [-0.2, 0) is 16.1 Å². The van der Waals surface area contributed by atoms with Crippen molar-refractivity contribution in [2.45, 2.75) is 44.7 Å². The summed E-state index contributed by atoms with van der Waals surface area (Å²) in [6, 6.07) is 5.50. The summed E-state index contributed by atoms with van der Waals surface area (Å²) in [6.45, 7) is 2.51. The van der Waals surface area contributed by atoms with Crippen molar-refractivity contribution in [3.63, 3.8) is 0 Å². The Morgan fingerprint density at radius 3 is 2.58 bits per heavy atom. The van der Waals surface area contributed by atoms with Crippen molar-refractivity contribution in [2.75, 3.05) is 18.0 Å². The van der Waals surface area contributed by atoms with Gasteiger partial charge in [-0.2, -0.15) is 0 Å². The number of hydrogen-bond acceptors (Lipinski definition) is 4. The van der Waals surface area contributed by atoms with Crippen molar-refractivity contribution in [3.8, 4) is 0 Å². The van der Waals surface area contributed by atoms with Crippen LogP contribution >= 0.6 is 0 Å². The molecule has 0 aliphatic carbocycles. The molecule has 3 aliphatic rings. The highest BCUT2D eigenvalue weighted by Gasteiger charge is 2.39. The van der Waals surface area contributed by atoms with Crippen LogP contribution in [0.5, 0.6) is 0 Å². The molecule has 0 aromatic heterocycles. The van der Waals surface area contributed by atoms with Gasteiger partial charge in [0.05, 0.1) is 0 Å². The minimum atomic E-state index is -0.541. The fourth-order valence-electron chi connectivity index (χ4n) is 3.89. The molecule has 0 radical (unpaired) electrons. The van der Waals surface area contributed by atoms with Gasteiger partial charge in [-0.05, 0) is 43.4 Å². The minimum absolute atomic E-state index is 0.0987. The van der Waals surface area contributed by atoms with E-state index < -0.39 is 6.04 Å². The maximum atomic E-state index is 12.8. The monoisotopic (exact) mass is 327 g/mol. The summed E-state index contributed by atoms with van der Waals surface area (Å²) in [5.41, 5.74) is 2.75. The van der Waals surface area contributed by atoms with Crippen LogP contribution in [0.3, 0.4) is 0 Å². The molecular weight excluding hydrogens is 306 g/mol. The van der Waals surface area contributed by atoms with Gasteiger partial charge in [0.15, 0.2) is 0 Å². The van der Waals surface area contributed by atoms with Gasteiger partial charge in [-0.1, -0.05) is 6.07 Å². The van der Waals surface area contributed by atoms with E-state index in [2.05, 4.69) is 16.3 Å². The number of amides is 3. The summed E-state index contributed by atoms with van der Waals surface area (Å²) in [7, 11) is 0. The second kappa shape index (κ2) is 5.92. The standard InChI is InChI=1S/C18H21N3O3/c22-16-7-6-15(17(23)19-16)21-11-12-4-5-13(10-14(12)18(21)24)20-8-2-1-3-9-20/h4-5,10,15H,1-3,6-9,11H2,(H,19,22,23). The van der Waals surface area contributed by atoms with E-state index in [0.29, 0.717) is 18.5 Å². The maximum Gasteiger partial charge on any atom is 0.255 e. The number of nitrogens with zero attached hydrogens (tertiary/aromatic N) is 2. The third-order valence-corrected chi connectivity index (χ3v) is 5.23. The van der Waals surface area contributed by atoms with Crippen molar-refractivity contribution < 1.29 is 14.4 Å². The smallest absolute Gasteiger partial charge is 0.255 e. The number of benzene rings is 1. The lowest BCUT2D eigenvalue weighted by molar-refractivity contribution is -0.136. The van der Waals surface area contributed by atoms with E-state index in [1.165, 1.54) is 19.3 Å². The number of rotatable bonds is 2. The highest BCUT2D eigenvalue weighted by Crippen LogP contribution is 2.31. The summed E-state index contributed by atoms with van der Waals surface area (Å²) in [6.07, 6.45) is 4.34. The largest absolute Gasteiger partial charge is 0.372 e. The molecule has 4 rings (SSSR count). The molecule has 1 atom stereocenters. The molecular formula is C18H21N3O3. The molecule has 0 bridgehead atoms. The summed E-state index contributed by atoms with van der Waals surface area (Å²) in [5.74, 6) is -0.713. The summed E-state index contributed by atoms with van der Waals surface area (Å²) in [4.78, 5) is 40.1. The topological polar surface area (TPSA) is 69.7 Å². The molecule has 24 heavy (non-hydrogen) atoms. The van der Waals surface area contributed by atoms with Crippen molar-refractivity contribution in [3.05, 3.63) is 29.3 Å². The number of piperidine rings is 2. The van der Waals surface area contributed by atoms with Gasteiger partial charge < -0.3 is 9.80 Å². The number of fused-ring (bicyclic) bond motifs is 1. The van der Waals surface area contributed by atoms with Crippen LogP contribution in [0.4, 0.5) is 5.69 Å². The predicted octanol–water partition coefficient (Wildman–Crippen LogP) is 1.44. The quantitative estimate of drug-likeness (QED) is 0.835. The second-order valence-electron chi connectivity index (χ2n) is 6.79. The lowest BCUT2D eigenvalue weighted by Gasteiger charge is -2.29. The minimum Gasteiger partial charge on any atom is -0.372 e. The van der Waals surface area contributed by atoms with Crippen molar-refractivity contribution in [1.29, 1.82) is 0 Å². The Bertz CT molecular complexity index is 709. The molecule has 1 aromatic rings. The fourth-order valence-corrected chi connectivity index (χ4v) is 3.89. The average Bonchev–Trinajstić information content (AvgIpc) is 2.92. The van der Waals surface area contributed by atoms with Crippen LogP contribution in [0.25, 0.3) is 0 Å². The molecule has 2 saturated heterocycles. The van der Waals surface area contributed by atoms with Gasteiger partial charge >= 0.3 is 0 Å². The Labute approximate surface area is 140 Å². The van der Waals surface area contributed by atoms with E-state index >= 15 is 0 Å². The Morgan fingerprint density at radius 2 is 1.83 bits per heavy atom. The number of carbonyl (C=O) groups is 3. The van der Waals surface area contributed by atoms with Crippen LogP contribution in [0.15, 0.2) is 18.2 Å². The second-order valence-corrected chi connectivity index (χ2v) is 6.79. The zero-order chi connectivity index (χ0) is 16.7. The molecule has 1 unspecified atom stereocenters. The van der Waals surface area contributed by atoms with Gasteiger partial charge in [0.2, 0.25) is 11.8 Å². The summed E-state index contributed by atoms with van der Waals surface area (Å²) in [5, 5.41) is 2.34. The third kappa shape index (κ3) is 2.56. The van der Waals surface area contributed by atoms with Crippen molar-refractivity contribution >= 4 is 23.4 Å². The first-order valence-electron chi connectivity index (χ1n) is 8.66. The van der Waals surface area contributed by atoms with Gasteiger partial charge in [-0.15, -0.1) is 0 Å². The molecule has 1 aromatic carbocycles. The lowest BCUT2D eigenvalue weighted by Crippen LogP contribution is -2.52. The molecule has 1 N–H and O–H groups in total. The van der Waals surface area contributed by atoms with E-state index in [4.69, 9.17) is 0 Å². The van der Waals surface area contributed by atoms with E-state index in [1.54, 1.807) is 4.90 Å². The Morgan fingerprint density at radius 1 is 1.04 bits per heavy atom. The van der Waals surface area contributed by atoms with Gasteiger partial charge in [-0.3, -0.25) is 19.7 Å². The summed E-state index contributed by atoms with van der Waals surface area (Å²) < 4.78 is 0. The first kappa shape index (κ1) is 15.2. The number of anilines is 1. The molecule has 2 fully saturated rings. The molecule has 126 valence electrons. The van der Waals surface area contributed by atoms with Gasteiger partial charge in [0.1, 0.15) is 6.04 Å². The molecule has 6 nitrogen and oxygen atoms in total. The summed E-state index contributed by atoms with van der Waals surface area (Å²) >= 11 is 0. The van der Waals surface area contributed by atoms with Crippen LogP contribution < -0.4 is 10.2 Å². The third-order valence-electron chi connectivity index (χ3n) is 5.23. The zero-order valence-electron chi connectivity index (χ0n) is 13.6. The lowest BCUT2D eigenvalue weighted by atomic mass is 10.0. The SMILES string of the molecule is O=C1CCC(N2Cc3ccc(N4CCCCC4)cc3C2=O)C(=O)N1. The van der Waals surface area contributed by atoms with Crippen LogP contribution in [-0.4, -0.2) is 41.8 Å². The van der Waals surface area contributed by atoms with Crippen LogP contribution in [0.1, 0.15) is 48.0 Å². The molecule has 6 heteroatoms. The van der Waals surface area contributed by atoms with Crippen LogP contribution in [0, 0.1) is 0 Å². The number of hydrogen-bond donors (Lipinski definition) is 1. The molecule has 3 aliphatic heterocycles. The molecule has 0 saturated carbocycles. The van der Waals surface area contributed by atoms with Crippen LogP contribution in [0.2, 0.25) is 0 Å². The van der Waals surface area contributed by atoms with E-state index in [1.807, 2.05) is 12.1 Å².